The van der Waals surface area contributed by atoms with Gasteiger partial charge in [-0.3, -0.25) is 0 Å². The Morgan fingerprint density at radius 2 is 2.43 bits per heavy atom. The first-order chi connectivity index (χ1) is 10.1. The number of halogens is 2. The predicted molar refractivity (Wildman–Crippen MR) is 75.3 cm³/mol. The first kappa shape index (κ1) is 14.7. The van der Waals surface area contributed by atoms with Gasteiger partial charge in [0.2, 0.25) is 0 Å². The SMILES string of the molecule is C#CCOc1cc(NC(=O)N2C=COC=N2)c(F)cc1Cl. The van der Waals surface area contributed by atoms with E-state index < -0.39 is 11.8 Å². The number of nitrogens with zero attached hydrogens (tertiary/aromatic N) is 2. The lowest BCUT2D eigenvalue weighted by Gasteiger charge is -2.16. The van der Waals surface area contributed by atoms with Crippen LogP contribution < -0.4 is 10.1 Å². The van der Waals surface area contributed by atoms with Gasteiger partial charge in [-0.15, -0.1) is 11.5 Å². The molecule has 8 heteroatoms. The van der Waals surface area contributed by atoms with Gasteiger partial charge in [0.05, 0.1) is 16.9 Å². The van der Waals surface area contributed by atoms with E-state index in [9.17, 15) is 9.18 Å². The molecule has 2 rings (SSSR count). The van der Waals surface area contributed by atoms with Gasteiger partial charge in [0.15, 0.2) is 6.40 Å². The number of hydrogen-bond donors (Lipinski definition) is 1. The van der Waals surface area contributed by atoms with Gasteiger partial charge in [-0.1, -0.05) is 17.5 Å². The molecule has 0 atom stereocenters. The molecule has 1 N–H and O–H groups in total. The Hall–Kier alpha value is -2.72. The fraction of sp³-hybridized carbons (Fsp3) is 0.0769. The van der Waals surface area contributed by atoms with Gasteiger partial charge in [-0.2, -0.15) is 5.01 Å². The van der Waals surface area contributed by atoms with Crippen LogP contribution in [0.4, 0.5) is 14.9 Å². The molecule has 0 saturated heterocycles. The van der Waals surface area contributed by atoms with Crippen molar-refractivity contribution < 1.29 is 18.7 Å². The highest BCUT2D eigenvalue weighted by molar-refractivity contribution is 6.32. The second kappa shape index (κ2) is 6.63. The van der Waals surface area contributed by atoms with E-state index in [0.29, 0.717) is 0 Å². The largest absolute Gasteiger partial charge is 0.479 e. The van der Waals surface area contributed by atoms with Gasteiger partial charge in [0.25, 0.3) is 0 Å². The lowest BCUT2D eigenvalue weighted by atomic mass is 10.3. The Bertz CT molecular complexity index is 643. The Morgan fingerprint density at radius 1 is 1.62 bits per heavy atom. The van der Waals surface area contributed by atoms with E-state index in [1.54, 1.807) is 0 Å². The molecule has 0 bridgehead atoms. The zero-order chi connectivity index (χ0) is 15.2. The summed E-state index contributed by atoms with van der Waals surface area (Å²) in [7, 11) is 0. The van der Waals surface area contributed by atoms with Crippen molar-refractivity contribution in [3.8, 4) is 18.1 Å². The van der Waals surface area contributed by atoms with Crippen LogP contribution in [0, 0.1) is 18.2 Å². The number of benzene rings is 1. The van der Waals surface area contributed by atoms with Gasteiger partial charge in [-0.05, 0) is 6.07 Å². The van der Waals surface area contributed by atoms with Gasteiger partial charge < -0.3 is 14.8 Å². The summed E-state index contributed by atoms with van der Waals surface area (Å²) in [5.74, 6) is 1.70. The summed E-state index contributed by atoms with van der Waals surface area (Å²) in [5.41, 5.74) is -0.119. The molecular formula is C13H9ClFN3O3. The number of carbonyl (C=O) groups is 1. The van der Waals surface area contributed by atoms with Crippen LogP contribution in [0.25, 0.3) is 0 Å². The molecular weight excluding hydrogens is 301 g/mol. The first-order valence-corrected chi connectivity index (χ1v) is 5.99. The topological polar surface area (TPSA) is 63.2 Å². The van der Waals surface area contributed by atoms with Crippen molar-refractivity contribution in [3.05, 3.63) is 35.4 Å². The summed E-state index contributed by atoms with van der Waals surface area (Å²) < 4.78 is 23.6. The summed E-state index contributed by atoms with van der Waals surface area (Å²) in [6, 6.07) is 1.57. The number of hydrazone groups is 1. The Morgan fingerprint density at radius 3 is 3.10 bits per heavy atom. The smallest absolute Gasteiger partial charge is 0.346 e. The quantitative estimate of drug-likeness (QED) is 0.873. The van der Waals surface area contributed by atoms with Crippen molar-refractivity contribution in [2.75, 3.05) is 11.9 Å². The molecule has 6 nitrogen and oxygen atoms in total. The molecule has 21 heavy (non-hydrogen) atoms. The summed E-state index contributed by atoms with van der Waals surface area (Å²) in [4.78, 5) is 11.9. The maximum Gasteiger partial charge on any atom is 0.346 e. The van der Waals surface area contributed by atoms with Crippen LogP contribution in [0.1, 0.15) is 0 Å². The van der Waals surface area contributed by atoms with E-state index in [4.69, 9.17) is 22.8 Å². The van der Waals surface area contributed by atoms with Crippen LogP contribution in [0.15, 0.2) is 29.7 Å². The van der Waals surface area contributed by atoms with Gasteiger partial charge in [-0.25, -0.2) is 9.18 Å². The number of nitrogens with one attached hydrogen (secondary N) is 1. The monoisotopic (exact) mass is 309 g/mol. The maximum absolute atomic E-state index is 13.8. The molecule has 1 aliphatic rings. The normalized spacial score (nSPS) is 12.5. The predicted octanol–water partition coefficient (Wildman–Crippen LogP) is 2.77. The van der Waals surface area contributed by atoms with Gasteiger partial charge >= 0.3 is 6.03 Å². The standard InChI is InChI=1S/C13H9ClFN3O3/c1-2-4-21-12-7-11(10(15)6-9(12)14)17-13(19)18-3-5-20-8-16-18/h1,3,5-8H,4H2,(H,17,19). The van der Waals surface area contributed by atoms with Crippen LogP contribution in [-0.2, 0) is 4.74 Å². The summed E-state index contributed by atoms with van der Waals surface area (Å²) in [6.07, 6.45) is 8.63. The highest BCUT2D eigenvalue weighted by atomic mass is 35.5. The molecule has 0 radical (unpaired) electrons. The number of amides is 2. The molecule has 1 aromatic rings. The molecule has 0 spiro atoms. The van der Waals surface area contributed by atoms with Gasteiger partial charge in [0, 0.05) is 6.07 Å². The fourth-order valence-corrected chi connectivity index (χ4v) is 1.60. The second-order valence-corrected chi connectivity index (χ2v) is 4.08. The van der Waals surface area contributed by atoms with E-state index in [0.717, 1.165) is 17.5 Å². The average molecular weight is 310 g/mol. The Balaban J connectivity index is 2.17. The fourth-order valence-electron chi connectivity index (χ4n) is 1.39. The van der Waals surface area contributed by atoms with Crippen molar-refractivity contribution >= 4 is 29.7 Å². The lowest BCUT2D eigenvalue weighted by Crippen LogP contribution is -2.27. The summed E-state index contributed by atoms with van der Waals surface area (Å²) in [6.45, 7) is -0.0325. The first-order valence-electron chi connectivity index (χ1n) is 5.62. The number of urea groups is 1. The number of hydrogen-bond acceptors (Lipinski definition) is 4. The number of ether oxygens (including phenoxy) is 2. The Labute approximate surface area is 124 Å². The van der Waals surface area contributed by atoms with Crippen LogP contribution >= 0.6 is 11.6 Å². The average Bonchev–Trinajstić information content (AvgIpc) is 2.49. The van der Waals surface area contributed by atoms with Gasteiger partial charge in [0.1, 0.15) is 24.4 Å². The third kappa shape index (κ3) is 3.64. The third-order valence-electron chi connectivity index (χ3n) is 2.30. The van der Waals surface area contributed by atoms with E-state index >= 15 is 0 Å². The van der Waals surface area contributed by atoms with Crippen molar-refractivity contribution in [1.29, 1.82) is 0 Å². The van der Waals surface area contributed by atoms with Crippen molar-refractivity contribution in [3.63, 3.8) is 0 Å². The van der Waals surface area contributed by atoms with Crippen LogP contribution in [0.5, 0.6) is 5.75 Å². The molecule has 1 aliphatic heterocycles. The second-order valence-electron chi connectivity index (χ2n) is 3.67. The minimum Gasteiger partial charge on any atom is -0.479 e. The lowest BCUT2D eigenvalue weighted by molar-refractivity contribution is 0.226. The summed E-state index contributed by atoms with van der Waals surface area (Å²) >= 11 is 5.81. The molecule has 2 amide bonds. The number of rotatable bonds is 3. The third-order valence-corrected chi connectivity index (χ3v) is 2.59. The number of terminal acetylenes is 1. The minimum atomic E-state index is -0.720. The molecule has 0 fully saturated rings. The zero-order valence-corrected chi connectivity index (χ0v) is 11.3. The molecule has 0 aromatic heterocycles. The Kier molecular flexibility index (Phi) is 4.64. The van der Waals surface area contributed by atoms with Crippen molar-refractivity contribution in [2.45, 2.75) is 0 Å². The van der Waals surface area contributed by atoms with Crippen molar-refractivity contribution in [1.82, 2.24) is 5.01 Å². The summed E-state index contributed by atoms with van der Waals surface area (Å²) in [5, 5.41) is 6.93. The molecule has 108 valence electrons. The van der Waals surface area contributed by atoms with Crippen LogP contribution in [-0.4, -0.2) is 24.0 Å². The van der Waals surface area contributed by atoms with E-state index in [1.807, 2.05) is 0 Å². The number of anilines is 1. The highest BCUT2D eigenvalue weighted by Crippen LogP contribution is 2.30. The molecule has 0 unspecified atom stereocenters. The van der Waals surface area contributed by atoms with Crippen molar-refractivity contribution in [2.24, 2.45) is 5.10 Å². The highest BCUT2D eigenvalue weighted by Gasteiger charge is 2.16. The maximum atomic E-state index is 13.8. The molecule has 1 aromatic carbocycles. The van der Waals surface area contributed by atoms with E-state index in [2.05, 4.69) is 21.1 Å². The van der Waals surface area contributed by atoms with E-state index in [-0.39, 0.29) is 23.1 Å². The number of carbonyl (C=O) groups excluding carboxylic acids is 1. The zero-order valence-electron chi connectivity index (χ0n) is 10.5. The van der Waals surface area contributed by atoms with Crippen LogP contribution in [0.3, 0.4) is 0 Å². The molecule has 0 saturated carbocycles. The van der Waals surface area contributed by atoms with Crippen LogP contribution in [0.2, 0.25) is 5.02 Å². The molecule has 0 aliphatic carbocycles. The molecule has 1 heterocycles. The minimum absolute atomic E-state index is 0.0325. The van der Waals surface area contributed by atoms with E-state index in [1.165, 1.54) is 18.5 Å².